The van der Waals surface area contributed by atoms with Crippen molar-refractivity contribution in [3.05, 3.63) is 18.1 Å². The molecule has 98 valence electrons. The van der Waals surface area contributed by atoms with E-state index in [1.54, 1.807) is 0 Å². The lowest BCUT2D eigenvalue weighted by atomic mass is 9.78. The van der Waals surface area contributed by atoms with E-state index in [9.17, 15) is 4.79 Å². The Balaban J connectivity index is 2.16. The topological polar surface area (TPSA) is 75.1 Å². The Bertz CT molecular complexity index is 436. The SMILES string of the molecule is CC1CCCC(Nc2nccnc2C(=O)O)C1C. The van der Waals surface area contributed by atoms with Crippen molar-refractivity contribution < 1.29 is 9.90 Å². The van der Waals surface area contributed by atoms with Crippen LogP contribution in [0.2, 0.25) is 0 Å². The van der Waals surface area contributed by atoms with Gasteiger partial charge >= 0.3 is 5.97 Å². The van der Waals surface area contributed by atoms with Crippen LogP contribution in [0.25, 0.3) is 0 Å². The first-order chi connectivity index (χ1) is 8.59. The molecule has 0 spiro atoms. The number of anilines is 1. The third-order valence-corrected chi connectivity index (χ3v) is 3.93. The minimum Gasteiger partial charge on any atom is -0.476 e. The van der Waals surface area contributed by atoms with Gasteiger partial charge in [0.15, 0.2) is 11.5 Å². The highest BCUT2D eigenvalue weighted by Gasteiger charge is 2.28. The Kier molecular flexibility index (Phi) is 3.79. The number of hydrogen-bond acceptors (Lipinski definition) is 4. The van der Waals surface area contributed by atoms with Gasteiger partial charge in [0, 0.05) is 18.4 Å². The van der Waals surface area contributed by atoms with E-state index < -0.39 is 5.97 Å². The Labute approximate surface area is 107 Å². The fraction of sp³-hybridized carbons (Fsp3) is 0.615. The molecule has 5 nitrogen and oxygen atoms in total. The maximum absolute atomic E-state index is 11.1. The zero-order valence-electron chi connectivity index (χ0n) is 10.8. The smallest absolute Gasteiger partial charge is 0.358 e. The number of carbonyl (C=O) groups is 1. The minimum atomic E-state index is -1.04. The maximum Gasteiger partial charge on any atom is 0.358 e. The van der Waals surface area contributed by atoms with Crippen molar-refractivity contribution in [1.29, 1.82) is 0 Å². The molecule has 0 aromatic carbocycles. The van der Waals surface area contributed by atoms with Crippen LogP contribution >= 0.6 is 0 Å². The van der Waals surface area contributed by atoms with E-state index in [4.69, 9.17) is 5.11 Å². The highest BCUT2D eigenvalue weighted by Crippen LogP contribution is 2.31. The summed E-state index contributed by atoms with van der Waals surface area (Å²) in [6, 6.07) is 0.281. The molecule has 0 amide bonds. The van der Waals surface area contributed by atoms with E-state index in [-0.39, 0.29) is 11.7 Å². The van der Waals surface area contributed by atoms with Crippen molar-refractivity contribution in [3.63, 3.8) is 0 Å². The fourth-order valence-corrected chi connectivity index (χ4v) is 2.56. The normalized spacial score (nSPS) is 27.8. The van der Waals surface area contributed by atoms with Crippen LogP contribution in [-0.4, -0.2) is 27.1 Å². The molecule has 1 aliphatic carbocycles. The molecule has 2 rings (SSSR count). The second-order valence-corrected chi connectivity index (χ2v) is 5.08. The van der Waals surface area contributed by atoms with Crippen LogP contribution in [-0.2, 0) is 0 Å². The minimum absolute atomic E-state index is 0.00271. The summed E-state index contributed by atoms with van der Waals surface area (Å²) in [5, 5.41) is 12.3. The van der Waals surface area contributed by atoms with Gasteiger partial charge in [0.1, 0.15) is 0 Å². The summed E-state index contributed by atoms with van der Waals surface area (Å²) in [7, 11) is 0. The summed E-state index contributed by atoms with van der Waals surface area (Å²) in [4.78, 5) is 19.0. The van der Waals surface area contributed by atoms with E-state index in [2.05, 4.69) is 29.1 Å². The second-order valence-electron chi connectivity index (χ2n) is 5.08. The van der Waals surface area contributed by atoms with Gasteiger partial charge in [-0.15, -0.1) is 0 Å². The molecule has 1 aromatic rings. The zero-order chi connectivity index (χ0) is 13.1. The van der Waals surface area contributed by atoms with Gasteiger partial charge in [0.2, 0.25) is 0 Å². The molecular formula is C13H19N3O2. The Morgan fingerprint density at radius 3 is 2.78 bits per heavy atom. The van der Waals surface area contributed by atoms with Crippen LogP contribution in [0.4, 0.5) is 5.82 Å². The van der Waals surface area contributed by atoms with Gasteiger partial charge in [0.05, 0.1) is 0 Å². The summed E-state index contributed by atoms with van der Waals surface area (Å²) < 4.78 is 0. The van der Waals surface area contributed by atoms with E-state index in [1.165, 1.54) is 25.2 Å². The molecule has 5 heteroatoms. The average molecular weight is 249 g/mol. The van der Waals surface area contributed by atoms with Crippen molar-refractivity contribution in [2.75, 3.05) is 5.32 Å². The summed E-state index contributed by atoms with van der Waals surface area (Å²) >= 11 is 0. The van der Waals surface area contributed by atoms with Crippen LogP contribution in [0, 0.1) is 11.8 Å². The van der Waals surface area contributed by atoms with Gasteiger partial charge in [-0.2, -0.15) is 0 Å². The summed E-state index contributed by atoms with van der Waals surface area (Å²) in [5.41, 5.74) is 0.00271. The molecule has 1 aliphatic rings. The molecule has 1 heterocycles. The largest absolute Gasteiger partial charge is 0.476 e. The lowest BCUT2D eigenvalue weighted by Crippen LogP contribution is -2.35. The molecule has 1 aromatic heterocycles. The second kappa shape index (κ2) is 5.33. The number of aromatic carboxylic acids is 1. The lowest BCUT2D eigenvalue weighted by molar-refractivity contribution is 0.0691. The monoisotopic (exact) mass is 249 g/mol. The molecule has 3 unspecified atom stereocenters. The van der Waals surface area contributed by atoms with Gasteiger partial charge in [-0.1, -0.05) is 26.7 Å². The Hall–Kier alpha value is -1.65. The van der Waals surface area contributed by atoms with E-state index in [0.717, 1.165) is 6.42 Å². The maximum atomic E-state index is 11.1. The van der Waals surface area contributed by atoms with Gasteiger partial charge < -0.3 is 10.4 Å². The van der Waals surface area contributed by atoms with Crippen molar-refractivity contribution in [3.8, 4) is 0 Å². The predicted molar refractivity (Wildman–Crippen MR) is 68.6 cm³/mol. The molecule has 18 heavy (non-hydrogen) atoms. The van der Waals surface area contributed by atoms with Crippen molar-refractivity contribution >= 4 is 11.8 Å². The molecule has 0 saturated heterocycles. The van der Waals surface area contributed by atoms with Gasteiger partial charge in [-0.05, 0) is 18.3 Å². The highest BCUT2D eigenvalue weighted by atomic mass is 16.4. The van der Waals surface area contributed by atoms with Gasteiger partial charge in [-0.25, -0.2) is 14.8 Å². The third kappa shape index (κ3) is 2.60. The molecule has 0 bridgehead atoms. The molecular weight excluding hydrogens is 230 g/mol. The highest BCUT2D eigenvalue weighted by molar-refractivity contribution is 5.90. The molecule has 1 fully saturated rings. The van der Waals surface area contributed by atoms with E-state index >= 15 is 0 Å². The van der Waals surface area contributed by atoms with Gasteiger partial charge in [-0.3, -0.25) is 0 Å². The van der Waals surface area contributed by atoms with Crippen molar-refractivity contribution in [2.24, 2.45) is 11.8 Å². The number of carboxylic acids is 1. The number of nitrogens with zero attached hydrogens (tertiary/aromatic N) is 2. The van der Waals surface area contributed by atoms with E-state index in [0.29, 0.717) is 17.7 Å². The number of carboxylic acid groups (broad SMARTS) is 1. The summed E-state index contributed by atoms with van der Waals surface area (Å²) in [6.07, 6.45) is 6.39. The van der Waals surface area contributed by atoms with Gasteiger partial charge in [0.25, 0.3) is 0 Å². The first-order valence-corrected chi connectivity index (χ1v) is 6.40. The molecule has 0 aliphatic heterocycles. The number of hydrogen-bond donors (Lipinski definition) is 2. The van der Waals surface area contributed by atoms with Crippen LogP contribution < -0.4 is 5.32 Å². The zero-order valence-corrected chi connectivity index (χ0v) is 10.8. The predicted octanol–water partition coefficient (Wildman–Crippen LogP) is 2.41. The fourth-order valence-electron chi connectivity index (χ4n) is 2.56. The Morgan fingerprint density at radius 1 is 1.33 bits per heavy atom. The Morgan fingerprint density at radius 2 is 2.06 bits per heavy atom. The van der Waals surface area contributed by atoms with Crippen LogP contribution in [0.1, 0.15) is 43.6 Å². The summed E-state index contributed by atoms with van der Waals surface area (Å²) in [5.74, 6) is 0.515. The van der Waals surface area contributed by atoms with Crippen molar-refractivity contribution in [1.82, 2.24) is 9.97 Å². The lowest BCUT2D eigenvalue weighted by Gasteiger charge is -2.35. The molecule has 2 N–H and O–H groups in total. The standard InChI is InChI=1S/C13H19N3O2/c1-8-4-3-5-10(9(8)2)16-12-11(13(17)18)14-6-7-15-12/h6-10H,3-5H2,1-2H3,(H,15,16)(H,17,18). The van der Waals surface area contributed by atoms with Crippen molar-refractivity contribution in [2.45, 2.75) is 39.2 Å². The molecule has 1 saturated carbocycles. The first kappa shape index (κ1) is 12.8. The third-order valence-electron chi connectivity index (χ3n) is 3.93. The van der Waals surface area contributed by atoms with Crippen LogP contribution in [0.3, 0.4) is 0 Å². The average Bonchev–Trinajstić information content (AvgIpc) is 2.35. The first-order valence-electron chi connectivity index (χ1n) is 6.40. The summed E-state index contributed by atoms with van der Waals surface area (Å²) in [6.45, 7) is 4.45. The molecule has 3 atom stereocenters. The number of nitrogens with one attached hydrogen (secondary N) is 1. The van der Waals surface area contributed by atoms with E-state index in [1.807, 2.05) is 0 Å². The van der Waals surface area contributed by atoms with Crippen LogP contribution in [0.15, 0.2) is 12.4 Å². The van der Waals surface area contributed by atoms with Crippen LogP contribution in [0.5, 0.6) is 0 Å². The number of aromatic nitrogens is 2. The quantitative estimate of drug-likeness (QED) is 0.860. The molecule has 0 radical (unpaired) electrons. The number of rotatable bonds is 3.